The predicted octanol–water partition coefficient (Wildman–Crippen LogP) is 3.88. The largest absolute Gasteiger partial charge is 0.480 e. The van der Waals surface area contributed by atoms with Crippen LogP contribution >= 0.6 is 0 Å². The predicted molar refractivity (Wildman–Crippen MR) is 282 cm³/mol. The minimum Gasteiger partial charge on any atom is -0.480 e. The summed E-state index contributed by atoms with van der Waals surface area (Å²) in [7, 11) is 7.38. The number of carboxylic acid groups (broad SMARTS) is 1. The summed E-state index contributed by atoms with van der Waals surface area (Å²) in [6, 6.07) is -8.99. The molecule has 0 bridgehead atoms. The molecule has 0 aromatic carbocycles. The molecule has 0 aliphatic rings. The molecule has 0 rings (SSSR count). The molecule has 0 saturated heterocycles. The number of primary amides is 1. The first kappa shape index (κ1) is 67.7. The number of likely N-dealkylation sites (N-methyl/N-ethyl adjacent to an activating group) is 5. The maximum atomic E-state index is 15.0. The quantitative estimate of drug-likeness (QED) is 0.0646. The molecule has 73 heavy (non-hydrogen) atoms. The highest BCUT2D eigenvalue weighted by Gasteiger charge is 2.46. The Morgan fingerprint density at radius 2 is 0.808 bits per heavy atom. The number of nitrogens with two attached hydrogens (primary N) is 1. The summed E-state index contributed by atoms with van der Waals surface area (Å²) in [5, 5.41) is 18.4. The van der Waals surface area contributed by atoms with Crippen molar-refractivity contribution < 1.29 is 53.1 Å². The van der Waals surface area contributed by atoms with Gasteiger partial charge in [0.25, 0.3) is 0 Å². The van der Waals surface area contributed by atoms with Gasteiger partial charge in [-0.05, 0) is 54.3 Å². The summed E-state index contributed by atoms with van der Waals surface area (Å²) < 4.78 is 0. The molecule has 0 fully saturated rings. The lowest BCUT2D eigenvalue weighted by molar-refractivity contribution is -0.160. The zero-order valence-corrected chi connectivity index (χ0v) is 48.2. The first-order chi connectivity index (χ1) is 33.7. The highest BCUT2D eigenvalue weighted by molar-refractivity contribution is 5.98. The summed E-state index contributed by atoms with van der Waals surface area (Å²) >= 11 is 0. The summed E-state index contributed by atoms with van der Waals surface area (Å²) in [6.07, 6.45) is 2.23. The fourth-order valence-corrected chi connectivity index (χ4v) is 9.26. The summed E-state index contributed by atoms with van der Waals surface area (Å²) in [5.41, 5.74) is 5.32. The third-order valence-electron chi connectivity index (χ3n) is 15.0. The highest BCUT2D eigenvalue weighted by atomic mass is 16.4. The Hall–Kier alpha value is -5.30. The third-order valence-corrected chi connectivity index (χ3v) is 15.0. The number of nitrogens with one attached hydrogen (secondary N) is 3. The Morgan fingerprint density at radius 3 is 1.15 bits per heavy atom. The molecule has 20 nitrogen and oxygen atoms in total. The SMILES string of the molecule is CCC(C)C(NC(=O)C(CCC(N)=O)NC(C)=O)C(=O)N(C)C(CC(C)C)C(=O)NC(C(=O)N(C)C(C(=O)N(C)C(C(=O)N(C)C(C(=O)N(C)C(C(=O)O)C(C)CC)C(C)CC)C(C)CC)C(C)C)C(C)CC. The molecule has 420 valence electrons. The number of carbonyl (C=O) groups is 10. The Labute approximate surface area is 437 Å². The zero-order valence-electron chi connectivity index (χ0n) is 48.2. The van der Waals surface area contributed by atoms with Crippen LogP contribution in [0.5, 0.6) is 0 Å². The Balaban J connectivity index is 7.21. The van der Waals surface area contributed by atoms with E-state index in [4.69, 9.17) is 5.73 Å². The van der Waals surface area contributed by atoms with Gasteiger partial charge in [-0.25, -0.2) is 4.79 Å². The lowest BCUT2D eigenvalue weighted by Gasteiger charge is -2.43. The van der Waals surface area contributed by atoms with Crippen molar-refractivity contribution in [2.24, 2.45) is 47.2 Å². The number of hydrogen-bond acceptors (Lipinski definition) is 10. The molecule has 13 unspecified atom stereocenters. The van der Waals surface area contributed by atoms with Crippen LogP contribution in [0.4, 0.5) is 0 Å². The molecular weight excluding hydrogens is 939 g/mol. The number of hydrogen-bond donors (Lipinski definition) is 5. The minimum atomic E-state index is -1.17. The van der Waals surface area contributed by atoms with Gasteiger partial charge in [-0.15, -0.1) is 0 Å². The van der Waals surface area contributed by atoms with Gasteiger partial charge in [-0.1, -0.05) is 129 Å². The normalized spacial score (nSPS) is 16.8. The van der Waals surface area contributed by atoms with E-state index in [-0.39, 0.29) is 37.0 Å². The van der Waals surface area contributed by atoms with Gasteiger partial charge < -0.3 is 51.3 Å². The molecule has 0 aromatic heterocycles. The molecule has 0 aliphatic carbocycles. The standard InChI is InChI=1S/C53H97N9O11/c1-21-31(10)40(56-46(65)37(55-36(15)63)26-27-39(54)64)48(67)58(16)38(28-29(6)7)47(66)57-41(32(11)22-2)49(68)59(17)42(30(8)9)50(69)60(18)43(33(12)23-3)51(70)61(19)44(34(13)24-4)52(71)62(20)45(53(72)73)35(14)25-5/h29-35,37-38,40-45H,21-28H2,1-20H3,(H2,54,64)(H,55,63)(H,56,65)(H,57,66)(H,72,73). The van der Waals surface area contributed by atoms with E-state index in [2.05, 4.69) is 16.0 Å². The van der Waals surface area contributed by atoms with Gasteiger partial charge in [0.2, 0.25) is 53.2 Å². The van der Waals surface area contributed by atoms with E-state index in [9.17, 15) is 53.1 Å². The van der Waals surface area contributed by atoms with Crippen LogP contribution in [0.1, 0.15) is 155 Å². The van der Waals surface area contributed by atoms with Crippen LogP contribution in [0.3, 0.4) is 0 Å². The van der Waals surface area contributed by atoms with E-state index in [0.29, 0.717) is 32.1 Å². The van der Waals surface area contributed by atoms with Crippen molar-refractivity contribution in [3.05, 3.63) is 0 Å². The van der Waals surface area contributed by atoms with Gasteiger partial charge in [-0.2, -0.15) is 0 Å². The molecule has 0 spiro atoms. The van der Waals surface area contributed by atoms with Gasteiger partial charge >= 0.3 is 5.97 Å². The highest BCUT2D eigenvalue weighted by Crippen LogP contribution is 2.27. The second-order valence-corrected chi connectivity index (χ2v) is 21.4. The Kier molecular flexibility index (Phi) is 29.2. The van der Waals surface area contributed by atoms with Crippen molar-refractivity contribution in [1.29, 1.82) is 0 Å². The lowest BCUT2D eigenvalue weighted by atomic mass is 9.90. The molecule has 20 heteroatoms. The van der Waals surface area contributed by atoms with Crippen LogP contribution in [0.25, 0.3) is 0 Å². The topological polar surface area (TPSA) is 269 Å². The molecule has 0 aromatic rings. The van der Waals surface area contributed by atoms with E-state index in [1.165, 1.54) is 66.7 Å². The van der Waals surface area contributed by atoms with Crippen LogP contribution in [0.15, 0.2) is 0 Å². The first-order valence-electron chi connectivity index (χ1n) is 26.5. The summed E-state index contributed by atoms with van der Waals surface area (Å²) in [6.45, 7) is 26.8. The monoisotopic (exact) mass is 1040 g/mol. The van der Waals surface area contributed by atoms with Crippen molar-refractivity contribution >= 4 is 59.1 Å². The second-order valence-electron chi connectivity index (χ2n) is 21.4. The summed E-state index contributed by atoms with van der Waals surface area (Å²) in [5.74, 6) is -9.14. The molecule has 13 atom stereocenters. The molecular formula is C53H97N9O11. The number of carboxylic acids is 1. The number of rotatable bonds is 32. The van der Waals surface area contributed by atoms with Gasteiger partial charge in [0.1, 0.15) is 48.3 Å². The maximum Gasteiger partial charge on any atom is 0.326 e. The maximum absolute atomic E-state index is 15.0. The van der Waals surface area contributed by atoms with Gasteiger partial charge in [-0.3, -0.25) is 43.2 Å². The van der Waals surface area contributed by atoms with Crippen molar-refractivity contribution in [3.8, 4) is 0 Å². The smallest absolute Gasteiger partial charge is 0.326 e. The van der Waals surface area contributed by atoms with Crippen LogP contribution in [-0.4, -0.2) is 172 Å². The van der Waals surface area contributed by atoms with E-state index >= 15 is 0 Å². The fraction of sp³-hybridized carbons (Fsp3) is 0.811. The number of nitrogens with zero attached hydrogens (tertiary/aromatic N) is 5. The van der Waals surface area contributed by atoms with Crippen LogP contribution in [-0.2, 0) is 47.9 Å². The molecule has 0 aliphatic heterocycles. The molecule has 9 amide bonds. The van der Waals surface area contributed by atoms with Crippen LogP contribution in [0, 0.1) is 41.4 Å². The van der Waals surface area contributed by atoms with Crippen molar-refractivity contribution in [1.82, 2.24) is 40.4 Å². The average molecular weight is 1040 g/mol. The first-order valence-corrected chi connectivity index (χ1v) is 26.5. The summed E-state index contributed by atoms with van der Waals surface area (Å²) in [4.78, 5) is 144. The van der Waals surface area contributed by atoms with E-state index in [0.717, 1.165) is 0 Å². The van der Waals surface area contributed by atoms with Crippen molar-refractivity contribution in [2.45, 2.75) is 204 Å². The van der Waals surface area contributed by atoms with E-state index in [1.807, 2.05) is 62.3 Å². The lowest BCUT2D eigenvalue weighted by Crippen LogP contribution is -2.63. The molecule has 0 heterocycles. The zero-order chi connectivity index (χ0) is 57.1. The van der Waals surface area contributed by atoms with E-state index in [1.54, 1.807) is 34.6 Å². The molecule has 0 saturated carbocycles. The Morgan fingerprint density at radius 1 is 0.466 bits per heavy atom. The average Bonchev–Trinajstić information content (AvgIpc) is 3.32. The van der Waals surface area contributed by atoms with E-state index < -0.39 is 131 Å². The minimum absolute atomic E-state index is 0.0983. The van der Waals surface area contributed by atoms with Gasteiger partial charge in [0.15, 0.2) is 0 Å². The number of amides is 9. The Bertz CT molecular complexity index is 1880. The molecule has 0 radical (unpaired) electrons. The van der Waals surface area contributed by atoms with Crippen LogP contribution in [0.2, 0.25) is 0 Å². The number of aliphatic carboxylic acids is 1. The number of carbonyl (C=O) groups excluding carboxylic acids is 9. The van der Waals surface area contributed by atoms with Crippen molar-refractivity contribution in [3.63, 3.8) is 0 Å². The third kappa shape index (κ3) is 18.9. The molecule has 6 N–H and O–H groups in total. The van der Waals surface area contributed by atoms with Crippen LogP contribution < -0.4 is 21.7 Å². The van der Waals surface area contributed by atoms with Gasteiger partial charge in [0, 0.05) is 48.6 Å². The van der Waals surface area contributed by atoms with Crippen molar-refractivity contribution in [2.75, 3.05) is 35.2 Å². The fourth-order valence-electron chi connectivity index (χ4n) is 9.26. The second kappa shape index (κ2) is 31.4. The van der Waals surface area contributed by atoms with Gasteiger partial charge in [0.05, 0.1) is 0 Å².